The van der Waals surface area contributed by atoms with E-state index in [0.717, 1.165) is 12.1 Å². The predicted molar refractivity (Wildman–Crippen MR) is 76.3 cm³/mol. The van der Waals surface area contributed by atoms with Gasteiger partial charge in [-0.2, -0.15) is 13.2 Å². The van der Waals surface area contributed by atoms with Gasteiger partial charge in [0.25, 0.3) is 5.78 Å². The van der Waals surface area contributed by atoms with Gasteiger partial charge in [0.15, 0.2) is 0 Å². The van der Waals surface area contributed by atoms with Crippen LogP contribution in [0.2, 0.25) is 0 Å². The molecule has 0 aromatic heterocycles. The summed E-state index contributed by atoms with van der Waals surface area (Å²) in [6.45, 7) is 0.980. The van der Waals surface area contributed by atoms with Crippen LogP contribution in [0.15, 0.2) is 24.3 Å². The highest BCUT2D eigenvalue weighted by Crippen LogP contribution is 2.23. The number of nitrogens with zero attached hydrogens (tertiary/aromatic N) is 1. The van der Waals surface area contributed by atoms with Crippen LogP contribution >= 0.6 is 24.0 Å². The number of Topliss-reactive ketones (excluding diaryl/α,β-unsaturated/α-hetero) is 1. The summed E-state index contributed by atoms with van der Waals surface area (Å²) < 4.78 is 41.9. The Morgan fingerprint density at radius 3 is 2.47 bits per heavy atom. The first kappa shape index (κ1) is 18.2. The second-order valence-electron chi connectivity index (χ2n) is 4.01. The standard InChI is InChI=1S/C12H14F3NO2.HI/c1-16(2)6-7-18-10-5-3-4-9(8-10)11(17)12(13,14)15;/h3-5,8H,6-7H2,1-2H3;1H. The normalized spacial score (nSPS) is 11.1. The molecule has 3 nitrogen and oxygen atoms in total. The number of hydrogen-bond acceptors (Lipinski definition) is 3. The number of halogens is 4. The van der Waals surface area contributed by atoms with Crippen LogP contribution in [0.4, 0.5) is 13.2 Å². The van der Waals surface area contributed by atoms with E-state index in [-0.39, 0.29) is 29.7 Å². The largest absolute Gasteiger partial charge is 0.492 e. The topological polar surface area (TPSA) is 29.5 Å². The minimum absolute atomic E-state index is 0. The minimum atomic E-state index is -4.86. The molecule has 108 valence electrons. The van der Waals surface area contributed by atoms with Crippen molar-refractivity contribution in [1.82, 2.24) is 4.90 Å². The fraction of sp³-hybridized carbons (Fsp3) is 0.417. The van der Waals surface area contributed by atoms with Crippen molar-refractivity contribution < 1.29 is 22.7 Å². The second-order valence-corrected chi connectivity index (χ2v) is 4.01. The van der Waals surface area contributed by atoms with Gasteiger partial charge >= 0.3 is 6.18 Å². The summed E-state index contributed by atoms with van der Waals surface area (Å²) in [5, 5.41) is 0. The van der Waals surface area contributed by atoms with E-state index < -0.39 is 17.5 Å². The van der Waals surface area contributed by atoms with Crippen LogP contribution in [-0.4, -0.2) is 44.1 Å². The molecule has 0 bridgehead atoms. The van der Waals surface area contributed by atoms with Crippen molar-refractivity contribution in [1.29, 1.82) is 0 Å². The molecule has 1 aromatic carbocycles. The number of rotatable bonds is 5. The van der Waals surface area contributed by atoms with Gasteiger partial charge in [-0.25, -0.2) is 0 Å². The third-order valence-corrected chi connectivity index (χ3v) is 2.16. The van der Waals surface area contributed by atoms with Crippen molar-refractivity contribution in [2.45, 2.75) is 6.18 Å². The maximum Gasteiger partial charge on any atom is 0.454 e. The first-order valence-electron chi connectivity index (χ1n) is 5.30. The molecule has 0 aliphatic rings. The van der Waals surface area contributed by atoms with Crippen molar-refractivity contribution in [2.24, 2.45) is 0 Å². The molecule has 0 spiro atoms. The van der Waals surface area contributed by atoms with Crippen molar-refractivity contribution >= 4 is 29.8 Å². The van der Waals surface area contributed by atoms with E-state index in [2.05, 4.69) is 0 Å². The number of hydrogen-bond donors (Lipinski definition) is 0. The molecular formula is C12H15F3INO2. The highest BCUT2D eigenvalue weighted by atomic mass is 127. The smallest absolute Gasteiger partial charge is 0.454 e. The molecule has 0 saturated heterocycles. The Morgan fingerprint density at radius 2 is 1.95 bits per heavy atom. The SMILES string of the molecule is CN(C)CCOc1cccc(C(=O)C(F)(F)F)c1.I. The van der Waals surface area contributed by atoms with Crippen LogP contribution in [0.3, 0.4) is 0 Å². The molecule has 0 aliphatic carbocycles. The van der Waals surface area contributed by atoms with Gasteiger partial charge in [0.05, 0.1) is 0 Å². The molecule has 0 saturated carbocycles. The van der Waals surface area contributed by atoms with Crippen molar-refractivity contribution in [3.05, 3.63) is 29.8 Å². The highest BCUT2D eigenvalue weighted by molar-refractivity contribution is 14.0. The minimum Gasteiger partial charge on any atom is -0.492 e. The van der Waals surface area contributed by atoms with Crippen molar-refractivity contribution in [3.8, 4) is 5.75 Å². The summed E-state index contributed by atoms with van der Waals surface area (Å²) in [7, 11) is 3.71. The third kappa shape index (κ3) is 6.24. The monoisotopic (exact) mass is 389 g/mol. The number of alkyl halides is 3. The Bertz CT molecular complexity index is 422. The molecule has 0 N–H and O–H groups in total. The van der Waals surface area contributed by atoms with Crippen LogP contribution in [0.1, 0.15) is 10.4 Å². The summed E-state index contributed by atoms with van der Waals surface area (Å²) in [5.41, 5.74) is -0.412. The van der Waals surface area contributed by atoms with E-state index in [0.29, 0.717) is 13.2 Å². The summed E-state index contributed by atoms with van der Waals surface area (Å²) in [5.74, 6) is -1.60. The molecule has 0 unspecified atom stereocenters. The summed E-state index contributed by atoms with van der Waals surface area (Å²) in [6, 6.07) is 5.10. The van der Waals surface area contributed by atoms with Gasteiger partial charge in [-0.3, -0.25) is 4.79 Å². The molecule has 1 aromatic rings. The number of benzene rings is 1. The lowest BCUT2D eigenvalue weighted by Gasteiger charge is -2.12. The second kappa shape index (κ2) is 7.68. The summed E-state index contributed by atoms with van der Waals surface area (Å²) in [4.78, 5) is 12.9. The van der Waals surface area contributed by atoms with Gasteiger partial charge in [-0.05, 0) is 26.2 Å². The zero-order chi connectivity index (χ0) is 13.8. The van der Waals surface area contributed by atoms with Gasteiger partial charge in [0.2, 0.25) is 0 Å². The average molecular weight is 389 g/mol. The van der Waals surface area contributed by atoms with Crippen molar-refractivity contribution in [3.63, 3.8) is 0 Å². The molecular weight excluding hydrogens is 374 g/mol. The maximum absolute atomic E-state index is 12.2. The van der Waals surface area contributed by atoms with Gasteiger partial charge in [0, 0.05) is 12.1 Å². The molecule has 0 aliphatic heterocycles. The van der Waals surface area contributed by atoms with Gasteiger partial charge in [-0.15, -0.1) is 24.0 Å². The molecule has 0 fully saturated rings. The molecule has 0 atom stereocenters. The molecule has 19 heavy (non-hydrogen) atoms. The van der Waals surface area contributed by atoms with E-state index in [1.165, 1.54) is 12.1 Å². The van der Waals surface area contributed by atoms with E-state index in [1.54, 1.807) is 0 Å². The number of ketones is 1. The van der Waals surface area contributed by atoms with Gasteiger partial charge < -0.3 is 9.64 Å². The lowest BCUT2D eigenvalue weighted by Crippen LogP contribution is -2.23. The quantitative estimate of drug-likeness (QED) is 0.573. The van der Waals surface area contributed by atoms with Gasteiger partial charge in [0.1, 0.15) is 12.4 Å². The Balaban J connectivity index is 0.00000324. The molecule has 1 rings (SSSR count). The Labute approximate surface area is 126 Å². The molecule has 7 heteroatoms. The first-order chi connectivity index (χ1) is 8.30. The van der Waals surface area contributed by atoms with Crippen LogP contribution < -0.4 is 4.74 Å². The summed E-state index contributed by atoms with van der Waals surface area (Å²) in [6.07, 6.45) is -4.86. The summed E-state index contributed by atoms with van der Waals surface area (Å²) >= 11 is 0. The zero-order valence-electron chi connectivity index (χ0n) is 10.5. The van der Waals surface area contributed by atoms with Gasteiger partial charge in [-0.1, -0.05) is 12.1 Å². The van der Waals surface area contributed by atoms with Crippen LogP contribution in [-0.2, 0) is 0 Å². The first-order valence-corrected chi connectivity index (χ1v) is 5.30. The van der Waals surface area contributed by atoms with E-state index in [9.17, 15) is 18.0 Å². The Hall–Kier alpha value is -0.830. The van der Waals surface area contributed by atoms with E-state index >= 15 is 0 Å². The predicted octanol–water partition coefficient (Wildman–Crippen LogP) is 2.99. The fourth-order valence-corrected chi connectivity index (χ4v) is 1.24. The Kier molecular flexibility index (Phi) is 7.35. The van der Waals surface area contributed by atoms with E-state index in [4.69, 9.17) is 4.74 Å². The Morgan fingerprint density at radius 1 is 1.32 bits per heavy atom. The van der Waals surface area contributed by atoms with Crippen LogP contribution in [0.25, 0.3) is 0 Å². The number of likely N-dealkylation sites (N-methyl/N-ethyl adjacent to an activating group) is 1. The maximum atomic E-state index is 12.2. The number of ether oxygens (including phenoxy) is 1. The molecule has 0 amide bonds. The molecule has 0 heterocycles. The number of carbonyl (C=O) groups excluding carboxylic acids is 1. The van der Waals surface area contributed by atoms with Crippen LogP contribution in [0, 0.1) is 0 Å². The average Bonchev–Trinajstić information content (AvgIpc) is 2.26. The molecule has 0 radical (unpaired) electrons. The van der Waals surface area contributed by atoms with Crippen LogP contribution in [0.5, 0.6) is 5.75 Å². The van der Waals surface area contributed by atoms with E-state index in [1.807, 2.05) is 19.0 Å². The zero-order valence-corrected chi connectivity index (χ0v) is 12.9. The third-order valence-electron chi connectivity index (χ3n) is 2.16. The van der Waals surface area contributed by atoms with Crippen molar-refractivity contribution in [2.75, 3.05) is 27.2 Å². The highest BCUT2D eigenvalue weighted by Gasteiger charge is 2.39. The number of carbonyl (C=O) groups is 1. The lowest BCUT2D eigenvalue weighted by atomic mass is 10.1. The fourth-order valence-electron chi connectivity index (χ4n) is 1.24. The lowest BCUT2D eigenvalue weighted by molar-refractivity contribution is -0.0885.